The van der Waals surface area contributed by atoms with Gasteiger partial charge >= 0.3 is 0 Å². The summed E-state index contributed by atoms with van der Waals surface area (Å²) in [7, 11) is -6.71. The van der Waals surface area contributed by atoms with Crippen molar-refractivity contribution < 1.29 is 32.0 Å². The second kappa shape index (κ2) is 18.7. The van der Waals surface area contributed by atoms with Gasteiger partial charge in [-0.1, -0.05) is 34.6 Å². The highest BCUT2D eigenvalue weighted by atomic mass is 31.2. The van der Waals surface area contributed by atoms with Crippen molar-refractivity contribution in [3.63, 3.8) is 0 Å². The van der Waals surface area contributed by atoms with Crippen LogP contribution in [0.5, 0.6) is 0 Å². The molecule has 1 N–H and O–H groups in total. The van der Waals surface area contributed by atoms with Gasteiger partial charge in [-0.05, 0) is 77.8 Å². The van der Waals surface area contributed by atoms with Crippen LogP contribution in [0.1, 0.15) is 89.0 Å². The van der Waals surface area contributed by atoms with Crippen molar-refractivity contribution in [1.29, 1.82) is 10.5 Å². The third kappa shape index (κ3) is 12.1. The topological polar surface area (TPSA) is 127 Å². The Morgan fingerprint density at radius 2 is 1.45 bits per heavy atom. The second-order valence-electron chi connectivity index (χ2n) is 15.0. The first kappa shape index (κ1) is 42.7. The van der Waals surface area contributed by atoms with Gasteiger partial charge in [0.25, 0.3) is 8.53 Å². The lowest BCUT2D eigenvalue weighted by molar-refractivity contribution is 0.00216. The maximum atomic E-state index is 9.28. The highest BCUT2D eigenvalue weighted by molar-refractivity contribution is 7.62. The molecule has 0 aliphatic carbocycles. The fourth-order valence-corrected chi connectivity index (χ4v) is 10.4. The van der Waals surface area contributed by atoms with Crippen molar-refractivity contribution in [2.24, 2.45) is 11.8 Å². The number of nitriles is 2. The molecule has 2 aliphatic rings. The average Bonchev–Trinajstić information content (AvgIpc) is 3.38. The van der Waals surface area contributed by atoms with E-state index >= 15 is 0 Å². The van der Waals surface area contributed by atoms with Gasteiger partial charge in [-0.3, -0.25) is 0 Å². The minimum atomic E-state index is -3.00. The van der Waals surface area contributed by atoms with Gasteiger partial charge in [-0.2, -0.15) is 10.5 Å². The van der Waals surface area contributed by atoms with E-state index < -0.39 is 30.4 Å². The smallest absolute Gasteiger partial charge is 0.259 e. The third-order valence-electron chi connectivity index (χ3n) is 9.71. The number of ether oxygens (including phenoxy) is 2. The molecule has 0 aromatic heterocycles. The predicted molar refractivity (Wildman–Crippen MR) is 193 cm³/mol. The molecule has 0 amide bonds. The molecular weight excluding hydrogens is 654 g/mol. The molecule has 2 saturated heterocycles. The van der Waals surface area contributed by atoms with Gasteiger partial charge in [0.1, 0.15) is 6.10 Å². The maximum absolute atomic E-state index is 9.28. The summed E-state index contributed by atoms with van der Waals surface area (Å²) >= 11 is 0. The van der Waals surface area contributed by atoms with E-state index in [0.717, 1.165) is 0 Å². The first-order chi connectivity index (χ1) is 21.8. The first-order valence-corrected chi connectivity index (χ1v) is 23.0. The zero-order chi connectivity index (χ0) is 35.7. The summed E-state index contributed by atoms with van der Waals surface area (Å²) < 4.78 is 47.7. The summed E-state index contributed by atoms with van der Waals surface area (Å²) in [6, 6.07) is 4.28. The van der Waals surface area contributed by atoms with E-state index in [2.05, 4.69) is 111 Å². The Kier molecular flexibility index (Phi) is 17.0. The molecule has 0 aromatic carbocycles. The highest BCUT2D eigenvalue weighted by Gasteiger charge is 2.50. The van der Waals surface area contributed by atoms with Crippen LogP contribution in [0.2, 0.25) is 18.1 Å². The standard InChI is InChI=1S/C33H64N4O7P2Si/c1-23(2)37(24(3)4)45(38-19-15-17-34)39-21-30-31(32(28(8)43-30)44-47(13,14)33(9,10)11)36-46(12,40-20-16-18-35)41-22-29-26(6)25(5)27(7)42-29/h23-32,36H,12,15-16,19-22H2,1-11,13-14H3/t25-,26?,27-,28-,29+,30+,31?,32+,45?,46?/m0/s1. The number of hydrogen-bond acceptors (Lipinski definition) is 11. The Hall–Kier alpha value is -0.433. The van der Waals surface area contributed by atoms with Crippen LogP contribution in [0.15, 0.2) is 0 Å². The molecule has 4 unspecified atom stereocenters. The van der Waals surface area contributed by atoms with Gasteiger partial charge in [0.15, 0.2) is 15.8 Å². The Morgan fingerprint density at radius 1 is 0.872 bits per heavy atom. The molecule has 2 heterocycles. The van der Waals surface area contributed by atoms with Gasteiger partial charge in [-0.25, -0.2) is 9.76 Å². The summed E-state index contributed by atoms with van der Waals surface area (Å²) in [6.07, 6.45) is 4.01. The summed E-state index contributed by atoms with van der Waals surface area (Å²) in [5, 5.41) is 22.1. The lowest BCUT2D eigenvalue weighted by Crippen LogP contribution is -2.53. The minimum Gasteiger partial charge on any atom is -0.410 e. The Balaban J connectivity index is 2.43. The zero-order valence-corrected chi connectivity index (χ0v) is 34.1. The minimum absolute atomic E-state index is 0.0242. The van der Waals surface area contributed by atoms with Gasteiger partial charge in [0, 0.05) is 12.1 Å². The molecule has 10 atom stereocenters. The lowest BCUT2D eigenvalue weighted by atomic mass is 9.91. The first-order valence-electron chi connectivity index (χ1n) is 17.2. The average molecular weight is 719 g/mol. The van der Waals surface area contributed by atoms with E-state index in [1.165, 1.54) is 0 Å². The second-order valence-corrected chi connectivity index (χ2v) is 23.4. The monoisotopic (exact) mass is 718 g/mol. The molecule has 2 aliphatic heterocycles. The van der Waals surface area contributed by atoms with Gasteiger partial charge < -0.3 is 32.0 Å². The Morgan fingerprint density at radius 3 is 1.96 bits per heavy atom. The van der Waals surface area contributed by atoms with E-state index in [-0.39, 0.29) is 80.2 Å². The van der Waals surface area contributed by atoms with Crippen LogP contribution in [-0.4, -0.2) is 94.4 Å². The molecular formula is C33H64N4O7P2Si. The molecule has 0 radical (unpaired) electrons. The van der Waals surface area contributed by atoms with E-state index in [9.17, 15) is 5.26 Å². The molecule has 0 saturated carbocycles. The fraction of sp³-hybridized carbons (Fsp3) is 0.909. The van der Waals surface area contributed by atoms with E-state index in [1.54, 1.807) is 0 Å². The summed E-state index contributed by atoms with van der Waals surface area (Å²) in [6.45, 7) is 29.1. The largest absolute Gasteiger partial charge is 0.410 e. The van der Waals surface area contributed by atoms with Crippen LogP contribution >= 0.6 is 16.0 Å². The lowest BCUT2D eigenvalue weighted by Gasteiger charge is -2.41. The third-order valence-corrected chi connectivity index (χ3v) is 18.1. The number of nitrogens with one attached hydrogen (secondary N) is 1. The predicted octanol–water partition coefficient (Wildman–Crippen LogP) is 7.62. The van der Waals surface area contributed by atoms with Gasteiger partial charge in [-0.15, -0.1) is 0 Å². The van der Waals surface area contributed by atoms with Gasteiger partial charge in [0.05, 0.1) is 81.9 Å². The number of nitrogens with zero attached hydrogens (tertiary/aromatic N) is 3. The summed E-state index contributed by atoms with van der Waals surface area (Å²) in [4.78, 5) is 0. The SMILES string of the molecule is C=P(NC1[C@@H](COP(OCCC#N)N(C(C)C)C(C)C)O[C@@H](C)[C@H]1O[Si](C)(C)C(C)(C)C)(OCCC#N)OC[C@H]1O[C@@H](C)[C@@H](C)C1C. The van der Waals surface area contributed by atoms with Crippen LogP contribution in [-0.2, 0) is 32.0 Å². The van der Waals surface area contributed by atoms with Crippen molar-refractivity contribution in [1.82, 2.24) is 9.76 Å². The van der Waals surface area contributed by atoms with Crippen LogP contribution in [0.4, 0.5) is 0 Å². The van der Waals surface area contributed by atoms with E-state index in [0.29, 0.717) is 18.4 Å². The van der Waals surface area contributed by atoms with Crippen molar-refractivity contribution in [3.8, 4) is 12.1 Å². The molecule has 2 fully saturated rings. The van der Waals surface area contributed by atoms with E-state index in [1.807, 2.05) is 6.92 Å². The van der Waals surface area contributed by atoms with Crippen molar-refractivity contribution in [2.75, 3.05) is 26.4 Å². The fourth-order valence-electron chi connectivity index (χ4n) is 5.63. The molecule has 2 rings (SSSR count). The zero-order valence-electron chi connectivity index (χ0n) is 31.3. The maximum Gasteiger partial charge on any atom is 0.259 e. The molecule has 0 aromatic rings. The van der Waals surface area contributed by atoms with Crippen LogP contribution in [0, 0.1) is 34.5 Å². The molecule has 47 heavy (non-hydrogen) atoms. The summed E-state index contributed by atoms with van der Waals surface area (Å²) in [5.41, 5.74) is 0. The van der Waals surface area contributed by atoms with E-state index in [4.69, 9.17) is 37.3 Å². The Bertz CT molecular complexity index is 1090. The van der Waals surface area contributed by atoms with Gasteiger partial charge in [0.2, 0.25) is 0 Å². The molecule has 272 valence electrons. The molecule has 0 spiro atoms. The van der Waals surface area contributed by atoms with Crippen molar-refractivity contribution >= 4 is 30.6 Å². The quantitative estimate of drug-likeness (QED) is 0.0805. The normalized spacial score (nSPS) is 30.5. The van der Waals surface area contributed by atoms with Crippen LogP contribution in [0.25, 0.3) is 0 Å². The summed E-state index contributed by atoms with van der Waals surface area (Å²) in [5.74, 6) is 0.719. The van der Waals surface area contributed by atoms with Crippen LogP contribution < -0.4 is 5.09 Å². The number of rotatable bonds is 19. The van der Waals surface area contributed by atoms with Crippen molar-refractivity contribution in [3.05, 3.63) is 0 Å². The van der Waals surface area contributed by atoms with Crippen molar-refractivity contribution in [2.45, 2.75) is 156 Å². The highest BCUT2D eigenvalue weighted by Crippen LogP contribution is 2.50. The Labute approximate surface area is 288 Å². The number of hydrogen-bond donors (Lipinski definition) is 1. The molecule has 11 nitrogen and oxygen atoms in total. The molecule has 14 heteroatoms. The molecule has 0 bridgehead atoms. The van der Waals surface area contributed by atoms with Crippen LogP contribution in [0.3, 0.4) is 0 Å².